The van der Waals surface area contributed by atoms with Crippen LogP contribution in [-0.2, 0) is 5.41 Å². The van der Waals surface area contributed by atoms with Gasteiger partial charge in [-0.25, -0.2) is 4.39 Å². The molecule has 0 spiro atoms. The lowest BCUT2D eigenvalue weighted by molar-refractivity contribution is 0.421. The normalized spacial score (nSPS) is 13.8. The summed E-state index contributed by atoms with van der Waals surface area (Å²) in [5.74, 6) is 1.23. The molecule has 46 heavy (non-hydrogen) atoms. The van der Waals surface area contributed by atoms with Gasteiger partial charge in [0.05, 0.1) is 11.4 Å². The highest BCUT2D eigenvalue weighted by molar-refractivity contribution is 6.12. The molecule has 0 amide bonds. The van der Waals surface area contributed by atoms with E-state index in [0.29, 0.717) is 11.4 Å². The molecular weight excluding hydrogens is 565 g/mol. The highest BCUT2D eigenvalue weighted by Gasteiger charge is 2.40. The van der Waals surface area contributed by atoms with E-state index in [4.69, 9.17) is 4.74 Å². The third-order valence-corrected chi connectivity index (χ3v) is 9.69. The van der Waals surface area contributed by atoms with E-state index >= 15 is 4.39 Å². The molecule has 0 saturated carbocycles. The minimum absolute atomic E-state index is 0.293. The fourth-order valence-corrected chi connectivity index (χ4v) is 7.40. The molecule has 0 unspecified atom stereocenters. The largest absolute Gasteiger partial charge is 0.454 e. The van der Waals surface area contributed by atoms with Gasteiger partial charge in [0.25, 0.3) is 0 Å². The zero-order valence-electron chi connectivity index (χ0n) is 25.6. The lowest BCUT2D eigenvalue weighted by Gasteiger charge is -2.38. The lowest BCUT2D eigenvalue weighted by atomic mass is 9.73. The number of halogens is 1. The van der Waals surface area contributed by atoms with Gasteiger partial charge >= 0.3 is 0 Å². The predicted molar refractivity (Wildman–Crippen MR) is 187 cm³/mol. The van der Waals surface area contributed by atoms with E-state index in [1.54, 1.807) is 12.1 Å². The van der Waals surface area contributed by atoms with Gasteiger partial charge in [-0.15, -0.1) is 0 Å². The van der Waals surface area contributed by atoms with Crippen molar-refractivity contribution in [3.05, 3.63) is 163 Å². The Labute approximate surface area is 268 Å². The third-order valence-electron chi connectivity index (χ3n) is 9.69. The summed E-state index contributed by atoms with van der Waals surface area (Å²) in [6, 6.07) is 49.9. The van der Waals surface area contributed by atoms with Gasteiger partial charge in [0.2, 0.25) is 0 Å². The summed E-state index contributed by atoms with van der Waals surface area (Å²) < 4.78 is 23.0. The van der Waals surface area contributed by atoms with Crippen LogP contribution in [0.25, 0.3) is 44.2 Å². The number of hydrogen-bond acceptors (Lipinski definition) is 2. The van der Waals surface area contributed by atoms with Crippen LogP contribution in [-0.4, -0.2) is 0 Å². The van der Waals surface area contributed by atoms with Gasteiger partial charge in [-0.05, 0) is 63.5 Å². The molecule has 2 bridgehead atoms. The molecule has 3 heteroatoms. The maximum Gasteiger partial charge on any atom is 0.155 e. The first kappa shape index (κ1) is 26.7. The molecule has 220 valence electrons. The molecule has 2 aliphatic rings. The molecule has 0 saturated heterocycles. The Kier molecular flexibility index (Phi) is 5.76. The SMILES string of the molecule is CC1(C)c2cc(F)cc3c2Oc2c1cc(-c1ccccc1)c1cccc(c21)-c1ccccc1N3c1ccc(-c2ccccc2)cc1. The van der Waals surface area contributed by atoms with Gasteiger partial charge in [0.15, 0.2) is 5.75 Å². The van der Waals surface area contributed by atoms with Crippen LogP contribution >= 0.6 is 0 Å². The lowest BCUT2D eigenvalue weighted by Crippen LogP contribution is -2.26. The number of anilines is 3. The average Bonchev–Trinajstić information content (AvgIpc) is 3.14. The van der Waals surface area contributed by atoms with Crippen molar-refractivity contribution in [3.63, 3.8) is 0 Å². The zero-order chi connectivity index (χ0) is 31.0. The summed E-state index contributed by atoms with van der Waals surface area (Å²) in [5, 5.41) is 2.20. The van der Waals surface area contributed by atoms with E-state index in [1.165, 1.54) is 0 Å². The first-order valence-electron chi connectivity index (χ1n) is 15.7. The third kappa shape index (κ3) is 3.88. The quantitative estimate of drug-likeness (QED) is 0.201. The van der Waals surface area contributed by atoms with E-state index in [1.807, 2.05) is 12.1 Å². The van der Waals surface area contributed by atoms with Gasteiger partial charge < -0.3 is 9.64 Å². The van der Waals surface area contributed by atoms with Crippen molar-refractivity contribution >= 4 is 27.8 Å². The van der Waals surface area contributed by atoms with Gasteiger partial charge in [-0.1, -0.05) is 123 Å². The van der Waals surface area contributed by atoms with Crippen LogP contribution in [0, 0.1) is 5.82 Å². The minimum Gasteiger partial charge on any atom is -0.454 e. The van der Waals surface area contributed by atoms with E-state index in [9.17, 15) is 0 Å². The van der Waals surface area contributed by atoms with Gasteiger partial charge in [-0.2, -0.15) is 0 Å². The summed E-state index contributed by atoms with van der Waals surface area (Å²) in [7, 11) is 0. The summed E-state index contributed by atoms with van der Waals surface area (Å²) >= 11 is 0. The first-order valence-corrected chi connectivity index (χ1v) is 15.7. The van der Waals surface area contributed by atoms with Crippen LogP contribution in [0.5, 0.6) is 11.5 Å². The summed E-state index contributed by atoms with van der Waals surface area (Å²) in [6.07, 6.45) is 0. The van der Waals surface area contributed by atoms with Crippen molar-refractivity contribution in [1.82, 2.24) is 0 Å². The molecule has 0 fully saturated rings. The fourth-order valence-electron chi connectivity index (χ4n) is 7.40. The van der Waals surface area contributed by atoms with Crippen LogP contribution < -0.4 is 9.64 Å². The van der Waals surface area contributed by atoms with Crippen molar-refractivity contribution in [1.29, 1.82) is 0 Å². The van der Waals surface area contributed by atoms with Crippen molar-refractivity contribution in [2.24, 2.45) is 0 Å². The number of rotatable bonds is 3. The first-order chi connectivity index (χ1) is 22.5. The molecule has 0 aliphatic carbocycles. The van der Waals surface area contributed by atoms with Crippen LogP contribution in [0.3, 0.4) is 0 Å². The Hall–Kier alpha value is -5.67. The van der Waals surface area contributed by atoms with Crippen LogP contribution in [0.1, 0.15) is 25.0 Å². The predicted octanol–water partition coefficient (Wildman–Crippen LogP) is 12.2. The Balaban J connectivity index is 1.40. The van der Waals surface area contributed by atoms with E-state index < -0.39 is 5.41 Å². The molecule has 9 rings (SSSR count). The Bertz CT molecular complexity index is 2310. The smallest absolute Gasteiger partial charge is 0.155 e. The molecule has 0 aromatic heterocycles. The number of fused-ring (bicyclic) bond motifs is 2. The second kappa shape index (κ2) is 9.92. The molecule has 7 aromatic carbocycles. The van der Waals surface area contributed by atoms with Gasteiger partial charge in [0, 0.05) is 39.2 Å². The molecule has 0 radical (unpaired) electrons. The molecule has 2 heterocycles. The summed E-state index contributed by atoms with van der Waals surface area (Å²) in [4.78, 5) is 2.16. The molecule has 0 atom stereocenters. The molecular formula is C43H30FNO. The number of hydrogen-bond donors (Lipinski definition) is 0. The van der Waals surface area contributed by atoms with Crippen molar-refractivity contribution in [2.75, 3.05) is 4.90 Å². The molecule has 2 aliphatic heterocycles. The zero-order valence-corrected chi connectivity index (χ0v) is 25.6. The van der Waals surface area contributed by atoms with Gasteiger partial charge in [-0.3, -0.25) is 0 Å². The maximum atomic E-state index is 15.9. The van der Waals surface area contributed by atoms with Crippen molar-refractivity contribution < 1.29 is 9.13 Å². The molecule has 2 nitrogen and oxygen atoms in total. The monoisotopic (exact) mass is 595 g/mol. The van der Waals surface area contributed by atoms with E-state index in [-0.39, 0.29) is 5.82 Å². The average molecular weight is 596 g/mol. The Morgan fingerprint density at radius 2 is 1.15 bits per heavy atom. The van der Waals surface area contributed by atoms with E-state index in [0.717, 1.165) is 72.4 Å². The van der Waals surface area contributed by atoms with E-state index in [2.05, 4.69) is 140 Å². The summed E-state index contributed by atoms with van der Waals surface area (Å²) in [5.41, 5.74) is 10.6. The highest BCUT2D eigenvalue weighted by Crippen LogP contribution is 2.59. The van der Waals surface area contributed by atoms with Crippen molar-refractivity contribution in [3.8, 4) is 44.9 Å². The second-order valence-corrected chi connectivity index (χ2v) is 12.7. The Morgan fingerprint density at radius 3 is 1.91 bits per heavy atom. The molecule has 7 aromatic rings. The fraction of sp³-hybridized carbons (Fsp3) is 0.0698. The van der Waals surface area contributed by atoms with Gasteiger partial charge in [0.1, 0.15) is 11.6 Å². The number of nitrogens with zero attached hydrogens (tertiary/aromatic N) is 1. The summed E-state index contributed by atoms with van der Waals surface area (Å²) in [6.45, 7) is 4.37. The maximum absolute atomic E-state index is 15.9. The van der Waals surface area contributed by atoms with Crippen LogP contribution in [0.2, 0.25) is 0 Å². The highest BCUT2D eigenvalue weighted by atomic mass is 19.1. The number of ether oxygens (including phenoxy) is 1. The number of para-hydroxylation sites is 1. The Morgan fingerprint density at radius 1 is 0.522 bits per heavy atom. The van der Waals surface area contributed by atoms with Crippen LogP contribution in [0.15, 0.2) is 146 Å². The standard InChI is InChI=1S/C43H30FNO/c1-43(2)36-24-30(44)25-39-41(36)46-42-37(43)26-35(29-14-7-4-8-15-29)34-18-11-17-33(40(34)42)32-16-9-10-19-38(32)45(39)31-22-20-28(21-23-31)27-12-5-3-6-13-27/h3-26H,1-2H3. The topological polar surface area (TPSA) is 12.5 Å². The van der Waals surface area contributed by atoms with Crippen molar-refractivity contribution in [2.45, 2.75) is 19.3 Å². The molecule has 0 N–H and O–H groups in total. The second-order valence-electron chi connectivity index (χ2n) is 12.7. The van der Waals surface area contributed by atoms with Crippen LogP contribution in [0.4, 0.5) is 21.5 Å². The minimum atomic E-state index is -0.538. The number of benzene rings is 7.